The number of fused-ring (bicyclic) bond motifs is 1. The number of amidine groups is 1. The molecule has 4 rings (SSSR count). The number of sulfonamides is 1. The molecule has 140 valence electrons. The van der Waals surface area contributed by atoms with Crippen LogP contribution in [0.15, 0.2) is 62.9 Å². The summed E-state index contributed by atoms with van der Waals surface area (Å²) in [5.74, 6) is 0.326. The van der Waals surface area contributed by atoms with E-state index in [-0.39, 0.29) is 4.90 Å². The van der Waals surface area contributed by atoms with Gasteiger partial charge >= 0.3 is 0 Å². The van der Waals surface area contributed by atoms with Gasteiger partial charge in [-0.3, -0.25) is 0 Å². The zero-order valence-electron chi connectivity index (χ0n) is 14.9. The number of hydrazone groups is 1. The van der Waals surface area contributed by atoms with Gasteiger partial charge in [0, 0.05) is 31.4 Å². The van der Waals surface area contributed by atoms with Crippen molar-refractivity contribution < 1.29 is 13.2 Å². The second kappa shape index (κ2) is 7.13. The lowest BCUT2D eigenvalue weighted by atomic mass is 10.2. The molecule has 0 spiro atoms. The number of anilines is 1. The summed E-state index contributed by atoms with van der Waals surface area (Å²) >= 11 is 0. The van der Waals surface area contributed by atoms with Crippen LogP contribution in [-0.4, -0.2) is 58.8 Å². The Morgan fingerprint density at radius 2 is 1.81 bits per heavy atom. The maximum Gasteiger partial charge on any atom is 0.285 e. The van der Waals surface area contributed by atoms with Crippen LogP contribution in [0.1, 0.15) is 11.1 Å². The number of benzene rings is 2. The molecular formula is C19H20N4O3S. The Bertz CT molecular complexity index is 994. The highest BCUT2D eigenvalue weighted by atomic mass is 32.2. The minimum Gasteiger partial charge on any atom is -0.378 e. The number of morpholine rings is 1. The highest BCUT2D eigenvalue weighted by molar-refractivity contribution is 7.90. The highest BCUT2D eigenvalue weighted by Gasteiger charge is 2.30. The quantitative estimate of drug-likeness (QED) is 0.597. The standard InChI is InChI=1S/C19H20N4O3S/c1-22(19-17-4-2-3-5-18(17)27(24,25)21-19)20-14-15-6-8-16(9-7-15)23-10-12-26-13-11-23/h2-9,14H,10-13H2,1H3/b20-14+. The molecule has 0 aromatic heterocycles. The molecule has 2 aliphatic rings. The predicted molar refractivity (Wildman–Crippen MR) is 105 cm³/mol. The first-order valence-electron chi connectivity index (χ1n) is 8.69. The molecule has 2 aliphatic heterocycles. The molecule has 0 amide bonds. The van der Waals surface area contributed by atoms with E-state index in [0.29, 0.717) is 11.4 Å². The van der Waals surface area contributed by atoms with Gasteiger partial charge in [-0.15, -0.1) is 4.40 Å². The van der Waals surface area contributed by atoms with Crippen LogP contribution >= 0.6 is 0 Å². The molecule has 0 radical (unpaired) electrons. The SMILES string of the molecule is CN(/N=C/c1ccc(N2CCOCC2)cc1)C1=NS(=O)(=O)c2ccccc21. The zero-order valence-corrected chi connectivity index (χ0v) is 15.8. The van der Waals surface area contributed by atoms with Gasteiger partial charge in [-0.2, -0.15) is 13.5 Å². The van der Waals surface area contributed by atoms with Gasteiger partial charge in [0.1, 0.15) is 4.90 Å². The Morgan fingerprint density at radius 3 is 2.56 bits per heavy atom. The summed E-state index contributed by atoms with van der Waals surface area (Å²) in [4.78, 5) is 2.50. The maximum atomic E-state index is 12.2. The molecule has 0 atom stereocenters. The van der Waals surface area contributed by atoms with Crippen molar-refractivity contribution in [2.24, 2.45) is 9.50 Å². The normalized spacial score (nSPS) is 18.4. The van der Waals surface area contributed by atoms with E-state index in [0.717, 1.165) is 37.6 Å². The smallest absolute Gasteiger partial charge is 0.285 e. The average Bonchev–Trinajstić information content (AvgIpc) is 2.99. The predicted octanol–water partition coefficient (Wildman–Crippen LogP) is 1.94. The lowest BCUT2D eigenvalue weighted by Gasteiger charge is -2.28. The summed E-state index contributed by atoms with van der Waals surface area (Å²) in [6.45, 7) is 3.29. The molecule has 1 saturated heterocycles. The monoisotopic (exact) mass is 384 g/mol. The summed E-state index contributed by atoms with van der Waals surface area (Å²) in [6.07, 6.45) is 1.69. The molecule has 0 saturated carbocycles. The van der Waals surface area contributed by atoms with Crippen molar-refractivity contribution in [2.75, 3.05) is 38.3 Å². The number of rotatable bonds is 3. The Kier molecular flexibility index (Phi) is 4.67. The van der Waals surface area contributed by atoms with Crippen LogP contribution in [0.2, 0.25) is 0 Å². The van der Waals surface area contributed by atoms with Crippen molar-refractivity contribution >= 4 is 27.8 Å². The topological polar surface area (TPSA) is 74.6 Å². The maximum absolute atomic E-state index is 12.2. The van der Waals surface area contributed by atoms with Gasteiger partial charge in [-0.25, -0.2) is 5.01 Å². The van der Waals surface area contributed by atoms with Gasteiger partial charge in [-0.05, 0) is 29.8 Å². The lowest BCUT2D eigenvalue weighted by Crippen LogP contribution is -2.36. The van der Waals surface area contributed by atoms with Gasteiger partial charge < -0.3 is 9.64 Å². The van der Waals surface area contributed by atoms with Gasteiger partial charge in [0.05, 0.1) is 19.4 Å². The fourth-order valence-electron chi connectivity index (χ4n) is 3.12. The molecule has 1 fully saturated rings. The van der Waals surface area contributed by atoms with Crippen LogP contribution in [0.4, 0.5) is 5.69 Å². The minimum absolute atomic E-state index is 0.219. The third kappa shape index (κ3) is 3.58. The van der Waals surface area contributed by atoms with Crippen LogP contribution in [0.25, 0.3) is 0 Å². The van der Waals surface area contributed by atoms with E-state index >= 15 is 0 Å². The van der Waals surface area contributed by atoms with Crippen LogP contribution in [0, 0.1) is 0 Å². The summed E-state index contributed by atoms with van der Waals surface area (Å²) in [6, 6.07) is 14.9. The van der Waals surface area contributed by atoms with Gasteiger partial charge in [0.2, 0.25) is 0 Å². The van der Waals surface area contributed by atoms with Crippen LogP contribution in [0.5, 0.6) is 0 Å². The van der Waals surface area contributed by atoms with E-state index in [2.05, 4.69) is 26.5 Å². The number of hydrogen-bond acceptors (Lipinski definition) is 6. The molecule has 0 unspecified atom stereocenters. The number of ether oxygens (including phenoxy) is 1. The Morgan fingerprint density at radius 1 is 1.11 bits per heavy atom. The summed E-state index contributed by atoms with van der Waals surface area (Å²) in [5.41, 5.74) is 2.65. The second-order valence-corrected chi connectivity index (χ2v) is 7.92. The third-order valence-corrected chi connectivity index (χ3v) is 5.89. The molecule has 27 heavy (non-hydrogen) atoms. The number of hydrogen-bond donors (Lipinski definition) is 0. The van der Waals surface area contributed by atoms with Crippen LogP contribution < -0.4 is 4.90 Å². The van der Waals surface area contributed by atoms with Crippen molar-refractivity contribution in [1.82, 2.24) is 5.01 Å². The van der Waals surface area contributed by atoms with Crippen molar-refractivity contribution in [1.29, 1.82) is 0 Å². The average molecular weight is 384 g/mol. The van der Waals surface area contributed by atoms with Crippen LogP contribution in [0.3, 0.4) is 0 Å². The van der Waals surface area contributed by atoms with E-state index in [9.17, 15) is 8.42 Å². The van der Waals surface area contributed by atoms with E-state index < -0.39 is 10.0 Å². The fraction of sp³-hybridized carbons (Fsp3) is 0.263. The first kappa shape index (κ1) is 17.7. The molecule has 0 bridgehead atoms. The molecule has 2 aromatic rings. The molecule has 8 heteroatoms. The fourth-order valence-corrected chi connectivity index (χ4v) is 4.35. The van der Waals surface area contributed by atoms with Crippen molar-refractivity contribution in [2.45, 2.75) is 4.90 Å². The molecule has 7 nitrogen and oxygen atoms in total. The van der Waals surface area contributed by atoms with E-state index in [1.54, 1.807) is 37.5 Å². The first-order valence-corrected chi connectivity index (χ1v) is 10.1. The van der Waals surface area contributed by atoms with E-state index in [4.69, 9.17) is 4.74 Å². The molecular weight excluding hydrogens is 364 g/mol. The van der Waals surface area contributed by atoms with E-state index in [1.807, 2.05) is 12.1 Å². The molecule has 2 heterocycles. The summed E-state index contributed by atoms with van der Waals surface area (Å²) in [7, 11) is -1.95. The van der Waals surface area contributed by atoms with Crippen molar-refractivity contribution in [3.8, 4) is 0 Å². The van der Waals surface area contributed by atoms with Crippen LogP contribution in [-0.2, 0) is 14.8 Å². The molecule has 2 aromatic carbocycles. The lowest BCUT2D eigenvalue weighted by molar-refractivity contribution is 0.122. The minimum atomic E-state index is -3.64. The summed E-state index contributed by atoms with van der Waals surface area (Å²) in [5, 5.41) is 5.85. The third-order valence-electron chi connectivity index (χ3n) is 4.57. The highest BCUT2D eigenvalue weighted by Crippen LogP contribution is 2.27. The van der Waals surface area contributed by atoms with E-state index in [1.165, 1.54) is 5.01 Å². The Hall–Kier alpha value is -2.71. The molecule has 0 N–H and O–H groups in total. The second-order valence-electron chi connectivity index (χ2n) is 6.35. The summed E-state index contributed by atoms with van der Waals surface area (Å²) < 4.78 is 33.5. The largest absolute Gasteiger partial charge is 0.378 e. The molecule has 0 aliphatic carbocycles. The van der Waals surface area contributed by atoms with Gasteiger partial charge in [0.25, 0.3) is 10.0 Å². The van der Waals surface area contributed by atoms with Crippen molar-refractivity contribution in [3.05, 3.63) is 59.7 Å². The van der Waals surface area contributed by atoms with Gasteiger partial charge in [0.15, 0.2) is 5.84 Å². The first-order chi connectivity index (χ1) is 13.0. The Labute approximate surface area is 158 Å². The zero-order chi connectivity index (χ0) is 18.9. The van der Waals surface area contributed by atoms with Crippen molar-refractivity contribution in [3.63, 3.8) is 0 Å². The Balaban J connectivity index is 1.50. The number of nitrogens with zero attached hydrogens (tertiary/aromatic N) is 4. The van der Waals surface area contributed by atoms with Gasteiger partial charge in [-0.1, -0.05) is 24.3 Å².